The zero-order valence-corrected chi connectivity index (χ0v) is 13.1. The van der Waals surface area contributed by atoms with Crippen molar-refractivity contribution in [2.24, 2.45) is 0 Å². The van der Waals surface area contributed by atoms with Crippen LogP contribution in [-0.4, -0.2) is 43.6 Å². The Kier molecular flexibility index (Phi) is 7.41. The summed E-state index contributed by atoms with van der Waals surface area (Å²) in [6.45, 7) is 5.80. The molecule has 1 N–H and O–H groups in total. The van der Waals surface area contributed by atoms with Crippen molar-refractivity contribution >= 4 is 17.5 Å². The number of nitrogens with one attached hydrogen (secondary N) is 1. The third-order valence-corrected chi connectivity index (χ3v) is 3.15. The first-order chi connectivity index (χ1) is 9.50. The van der Waals surface area contributed by atoms with Crippen LogP contribution in [0.25, 0.3) is 0 Å². The highest BCUT2D eigenvalue weighted by Crippen LogP contribution is 2.22. The van der Waals surface area contributed by atoms with E-state index in [2.05, 4.69) is 19.2 Å². The highest BCUT2D eigenvalue weighted by Gasteiger charge is 2.09. The fourth-order valence-electron chi connectivity index (χ4n) is 1.64. The summed E-state index contributed by atoms with van der Waals surface area (Å²) in [6.07, 6.45) is 0.501. The summed E-state index contributed by atoms with van der Waals surface area (Å²) in [4.78, 5) is 13.5. The summed E-state index contributed by atoms with van der Waals surface area (Å²) in [5, 5.41) is 3.81. The Balaban J connectivity index is 2.24. The predicted molar refractivity (Wildman–Crippen MR) is 82.3 cm³/mol. The molecule has 0 heterocycles. The van der Waals surface area contributed by atoms with Crippen molar-refractivity contribution in [1.29, 1.82) is 0 Å². The molecule has 0 bridgehead atoms. The lowest BCUT2D eigenvalue weighted by Crippen LogP contribution is -2.34. The lowest BCUT2D eigenvalue weighted by atomic mass is 10.3. The highest BCUT2D eigenvalue weighted by atomic mass is 35.5. The number of rotatable bonds is 8. The summed E-state index contributed by atoms with van der Waals surface area (Å²) >= 11 is 5.99. The number of hydrogen-bond acceptors (Lipinski definition) is 3. The molecule has 5 heteroatoms. The molecule has 1 rings (SSSR count). The first-order valence-corrected chi connectivity index (χ1v) is 7.23. The number of likely N-dealkylation sites (N-methyl/N-ethyl adjacent to an activating group) is 1. The van der Waals surface area contributed by atoms with E-state index in [9.17, 15) is 4.79 Å². The maximum atomic E-state index is 11.8. The van der Waals surface area contributed by atoms with Crippen LogP contribution in [0.4, 0.5) is 0 Å². The molecule has 0 fully saturated rings. The van der Waals surface area contributed by atoms with Gasteiger partial charge in [-0.2, -0.15) is 0 Å². The Morgan fingerprint density at radius 1 is 1.40 bits per heavy atom. The summed E-state index contributed by atoms with van der Waals surface area (Å²) in [5.41, 5.74) is 0. The fourth-order valence-corrected chi connectivity index (χ4v) is 1.83. The number of halogens is 1. The summed E-state index contributed by atoms with van der Waals surface area (Å²) in [5.74, 6) is 0.761. The lowest BCUT2D eigenvalue weighted by Gasteiger charge is -2.18. The van der Waals surface area contributed by atoms with Crippen molar-refractivity contribution in [2.45, 2.75) is 26.3 Å². The molecule has 0 aromatic heterocycles. The SMILES string of the molecule is CC(C)NCCC(=O)N(C)CCOc1ccccc1Cl. The molecule has 0 saturated heterocycles. The van der Waals surface area contributed by atoms with Gasteiger partial charge in [0.2, 0.25) is 5.91 Å². The molecule has 1 aromatic carbocycles. The highest BCUT2D eigenvalue weighted by molar-refractivity contribution is 6.32. The van der Waals surface area contributed by atoms with Gasteiger partial charge in [0.15, 0.2) is 0 Å². The minimum absolute atomic E-state index is 0.112. The molecule has 0 aliphatic rings. The van der Waals surface area contributed by atoms with Gasteiger partial charge in [-0.25, -0.2) is 0 Å². The van der Waals surface area contributed by atoms with E-state index in [-0.39, 0.29) is 5.91 Å². The number of carbonyl (C=O) groups is 1. The molecule has 0 radical (unpaired) electrons. The number of benzene rings is 1. The number of para-hydroxylation sites is 1. The number of amides is 1. The molecule has 0 spiro atoms. The van der Waals surface area contributed by atoms with E-state index in [4.69, 9.17) is 16.3 Å². The molecule has 0 saturated carbocycles. The maximum Gasteiger partial charge on any atom is 0.223 e. The van der Waals surface area contributed by atoms with Crippen LogP contribution in [0.5, 0.6) is 5.75 Å². The van der Waals surface area contributed by atoms with Crippen molar-refractivity contribution < 1.29 is 9.53 Å². The number of carbonyl (C=O) groups excluding carboxylic acids is 1. The molecule has 1 amide bonds. The largest absolute Gasteiger partial charge is 0.490 e. The minimum atomic E-state index is 0.112. The molecular formula is C15H23ClN2O2. The molecule has 0 aliphatic carbocycles. The number of nitrogens with zero attached hydrogens (tertiary/aromatic N) is 1. The molecule has 112 valence electrons. The van der Waals surface area contributed by atoms with E-state index in [1.54, 1.807) is 18.0 Å². The summed E-state index contributed by atoms with van der Waals surface area (Å²) < 4.78 is 5.56. The summed E-state index contributed by atoms with van der Waals surface area (Å²) in [6, 6.07) is 7.72. The van der Waals surface area contributed by atoms with E-state index >= 15 is 0 Å². The van der Waals surface area contributed by atoms with Gasteiger partial charge in [-0.1, -0.05) is 37.6 Å². The predicted octanol–water partition coefficient (Wildman–Crippen LogP) is 2.57. The van der Waals surface area contributed by atoms with Crippen LogP contribution in [0.3, 0.4) is 0 Å². The summed E-state index contributed by atoms with van der Waals surface area (Å²) in [7, 11) is 1.79. The van der Waals surface area contributed by atoms with Crippen LogP contribution in [0, 0.1) is 0 Å². The Labute approximate surface area is 126 Å². The fraction of sp³-hybridized carbons (Fsp3) is 0.533. The van der Waals surface area contributed by atoms with Gasteiger partial charge in [0.25, 0.3) is 0 Å². The molecular weight excluding hydrogens is 276 g/mol. The monoisotopic (exact) mass is 298 g/mol. The van der Waals surface area contributed by atoms with Crippen molar-refractivity contribution in [3.63, 3.8) is 0 Å². The van der Waals surface area contributed by atoms with Crippen LogP contribution >= 0.6 is 11.6 Å². The number of ether oxygens (including phenoxy) is 1. The van der Waals surface area contributed by atoms with Gasteiger partial charge < -0.3 is 15.0 Å². The Morgan fingerprint density at radius 2 is 2.10 bits per heavy atom. The average molecular weight is 299 g/mol. The normalized spacial score (nSPS) is 10.7. The van der Waals surface area contributed by atoms with Gasteiger partial charge in [0.05, 0.1) is 11.6 Å². The molecule has 4 nitrogen and oxygen atoms in total. The van der Waals surface area contributed by atoms with Crippen LogP contribution < -0.4 is 10.1 Å². The van der Waals surface area contributed by atoms with Crippen molar-refractivity contribution in [3.8, 4) is 5.75 Å². The van der Waals surface area contributed by atoms with E-state index in [1.165, 1.54) is 0 Å². The topological polar surface area (TPSA) is 41.6 Å². The van der Waals surface area contributed by atoms with E-state index < -0.39 is 0 Å². The average Bonchev–Trinajstić information content (AvgIpc) is 2.40. The zero-order valence-electron chi connectivity index (χ0n) is 12.4. The molecule has 1 aromatic rings. The van der Waals surface area contributed by atoms with Crippen molar-refractivity contribution in [1.82, 2.24) is 10.2 Å². The first-order valence-electron chi connectivity index (χ1n) is 6.85. The van der Waals surface area contributed by atoms with Crippen LogP contribution in [-0.2, 0) is 4.79 Å². The number of hydrogen-bond donors (Lipinski definition) is 1. The van der Waals surface area contributed by atoms with E-state index in [0.29, 0.717) is 42.9 Å². The van der Waals surface area contributed by atoms with Crippen LogP contribution in [0.1, 0.15) is 20.3 Å². The minimum Gasteiger partial charge on any atom is -0.490 e. The zero-order chi connectivity index (χ0) is 15.0. The first kappa shape index (κ1) is 16.8. The Bertz CT molecular complexity index is 424. The third kappa shape index (κ3) is 6.26. The smallest absolute Gasteiger partial charge is 0.223 e. The van der Waals surface area contributed by atoms with Gasteiger partial charge in [0, 0.05) is 26.1 Å². The van der Waals surface area contributed by atoms with E-state index in [1.807, 2.05) is 18.2 Å². The van der Waals surface area contributed by atoms with Gasteiger partial charge in [-0.3, -0.25) is 4.79 Å². The Morgan fingerprint density at radius 3 is 2.75 bits per heavy atom. The van der Waals surface area contributed by atoms with E-state index in [0.717, 1.165) is 0 Å². The van der Waals surface area contributed by atoms with Gasteiger partial charge in [-0.15, -0.1) is 0 Å². The van der Waals surface area contributed by atoms with Gasteiger partial charge in [0.1, 0.15) is 12.4 Å². The molecule has 20 heavy (non-hydrogen) atoms. The van der Waals surface area contributed by atoms with Crippen molar-refractivity contribution in [3.05, 3.63) is 29.3 Å². The van der Waals surface area contributed by atoms with Gasteiger partial charge >= 0.3 is 0 Å². The molecule has 0 aliphatic heterocycles. The van der Waals surface area contributed by atoms with Crippen molar-refractivity contribution in [2.75, 3.05) is 26.7 Å². The Hall–Kier alpha value is -1.26. The standard InChI is InChI=1S/C15H23ClN2O2/c1-12(2)17-9-8-15(19)18(3)10-11-20-14-7-5-4-6-13(14)16/h4-7,12,17H,8-11H2,1-3H3. The second-order valence-corrected chi connectivity index (χ2v) is 5.36. The second kappa shape index (κ2) is 8.82. The third-order valence-electron chi connectivity index (χ3n) is 2.84. The molecule has 0 atom stereocenters. The van der Waals surface area contributed by atoms with Crippen LogP contribution in [0.15, 0.2) is 24.3 Å². The lowest BCUT2D eigenvalue weighted by molar-refractivity contribution is -0.130. The molecule has 0 unspecified atom stereocenters. The second-order valence-electron chi connectivity index (χ2n) is 4.95. The maximum absolute atomic E-state index is 11.8. The van der Waals surface area contributed by atoms with Gasteiger partial charge in [-0.05, 0) is 12.1 Å². The quantitative estimate of drug-likeness (QED) is 0.802. The van der Waals surface area contributed by atoms with Crippen LogP contribution in [0.2, 0.25) is 5.02 Å².